The minimum absolute atomic E-state index is 0.690. The molecular formula is C8H15N5. The topological polar surface area (TPSA) is 68.2 Å². The Morgan fingerprint density at radius 2 is 2.54 bits per heavy atom. The Bertz CT molecular complexity index is 288. The largest absolute Gasteiger partial charge is 0.308 e. The lowest BCUT2D eigenvalue weighted by molar-refractivity contribution is 0.767. The fraction of sp³-hybridized carbons (Fsp3) is 0.500. The number of aryl methyl sites for hydroxylation is 1. The molecule has 0 spiro atoms. The zero-order chi connectivity index (χ0) is 9.68. The van der Waals surface area contributed by atoms with E-state index in [2.05, 4.69) is 22.4 Å². The van der Waals surface area contributed by atoms with Gasteiger partial charge >= 0.3 is 0 Å². The van der Waals surface area contributed by atoms with Crippen molar-refractivity contribution in [2.24, 2.45) is 17.9 Å². The Balaban J connectivity index is 2.77. The van der Waals surface area contributed by atoms with Gasteiger partial charge in [0.05, 0.1) is 11.8 Å². The van der Waals surface area contributed by atoms with Gasteiger partial charge in [-0.05, 0) is 6.42 Å². The van der Waals surface area contributed by atoms with Crippen molar-refractivity contribution in [1.82, 2.24) is 15.2 Å². The second kappa shape index (κ2) is 4.61. The normalized spacial score (nSPS) is 11.8. The molecule has 5 heteroatoms. The minimum Gasteiger partial charge on any atom is -0.308 e. The first kappa shape index (κ1) is 9.73. The summed E-state index contributed by atoms with van der Waals surface area (Å²) in [6.07, 6.45) is 4.61. The number of aromatic nitrogens is 2. The zero-order valence-corrected chi connectivity index (χ0v) is 7.99. The number of hydrogen-bond donors (Lipinski definition) is 2. The van der Waals surface area contributed by atoms with Crippen molar-refractivity contribution in [3.05, 3.63) is 18.0 Å². The lowest BCUT2D eigenvalue weighted by atomic mass is 10.3. The molecule has 0 fully saturated rings. The van der Waals surface area contributed by atoms with Crippen LogP contribution in [0.5, 0.6) is 0 Å². The third kappa shape index (κ3) is 2.55. The number of aliphatic imine (C=N–C) groups is 1. The van der Waals surface area contributed by atoms with Gasteiger partial charge in [-0.2, -0.15) is 5.10 Å². The van der Waals surface area contributed by atoms with Crippen LogP contribution in [0.4, 0.5) is 0 Å². The highest BCUT2D eigenvalue weighted by Crippen LogP contribution is 1.96. The number of hydrogen-bond acceptors (Lipinski definition) is 3. The van der Waals surface area contributed by atoms with Crippen LogP contribution in [-0.2, 0) is 7.05 Å². The smallest absolute Gasteiger partial charge is 0.145 e. The Morgan fingerprint density at radius 1 is 1.77 bits per heavy atom. The standard InChI is InChI=1S/C8H15N5/c1-3-4-10-8(12-9)7-5-11-13(2)6-7/h5-6H,3-4,9H2,1-2H3,(H,10,12). The highest BCUT2D eigenvalue weighted by molar-refractivity contribution is 5.97. The molecule has 1 aromatic heterocycles. The molecule has 0 saturated heterocycles. The first-order valence-electron chi connectivity index (χ1n) is 4.28. The van der Waals surface area contributed by atoms with E-state index < -0.39 is 0 Å². The van der Waals surface area contributed by atoms with Crippen LogP contribution in [0.15, 0.2) is 17.4 Å². The molecule has 1 rings (SSSR count). The number of nitrogens with two attached hydrogens (primary N) is 1. The number of nitrogens with one attached hydrogen (secondary N) is 1. The molecular weight excluding hydrogens is 166 g/mol. The van der Waals surface area contributed by atoms with Crippen LogP contribution in [0.3, 0.4) is 0 Å². The van der Waals surface area contributed by atoms with Crippen LogP contribution in [0.1, 0.15) is 18.9 Å². The molecule has 0 radical (unpaired) electrons. The van der Waals surface area contributed by atoms with Crippen molar-refractivity contribution in [3.8, 4) is 0 Å². The van der Waals surface area contributed by atoms with E-state index in [9.17, 15) is 0 Å². The summed E-state index contributed by atoms with van der Waals surface area (Å²) in [5.41, 5.74) is 3.48. The molecule has 1 heterocycles. The van der Waals surface area contributed by atoms with Gasteiger partial charge in [-0.15, -0.1) is 0 Å². The third-order valence-corrected chi connectivity index (χ3v) is 1.61. The van der Waals surface area contributed by atoms with Gasteiger partial charge in [0.1, 0.15) is 5.84 Å². The lowest BCUT2D eigenvalue weighted by Gasteiger charge is -2.01. The zero-order valence-electron chi connectivity index (χ0n) is 7.99. The van der Waals surface area contributed by atoms with Gasteiger partial charge in [0.15, 0.2) is 0 Å². The van der Waals surface area contributed by atoms with Crippen LogP contribution < -0.4 is 11.3 Å². The van der Waals surface area contributed by atoms with E-state index in [0.717, 1.165) is 18.5 Å². The van der Waals surface area contributed by atoms with Crippen LogP contribution in [0.25, 0.3) is 0 Å². The summed E-state index contributed by atoms with van der Waals surface area (Å²) in [6.45, 7) is 2.84. The van der Waals surface area contributed by atoms with Gasteiger partial charge in [-0.3, -0.25) is 9.67 Å². The highest BCUT2D eigenvalue weighted by Gasteiger charge is 2.02. The third-order valence-electron chi connectivity index (χ3n) is 1.61. The molecule has 72 valence electrons. The number of hydrazine groups is 1. The average Bonchev–Trinajstić information content (AvgIpc) is 2.54. The molecule has 0 aromatic carbocycles. The van der Waals surface area contributed by atoms with Crippen molar-refractivity contribution in [1.29, 1.82) is 0 Å². The second-order valence-corrected chi connectivity index (χ2v) is 2.78. The summed E-state index contributed by atoms with van der Waals surface area (Å²) < 4.78 is 1.72. The molecule has 0 unspecified atom stereocenters. The van der Waals surface area contributed by atoms with Gasteiger partial charge in [0, 0.05) is 19.8 Å². The molecule has 0 atom stereocenters. The maximum atomic E-state index is 5.34. The minimum atomic E-state index is 0.690. The molecule has 13 heavy (non-hydrogen) atoms. The Hall–Kier alpha value is -1.36. The number of nitrogens with zero attached hydrogens (tertiary/aromatic N) is 3. The number of amidine groups is 1. The van der Waals surface area contributed by atoms with Crippen LogP contribution in [0.2, 0.25) is 0 Å². The van der Waals surface area contributed by atoms with E-state index in [1.165, 1.54) is 0 Å². The average molecular weight is 181 g/mol. The molecule has 0 aliphatic heterocycles. The summed E-state index contributed by atoms with van der Waals surface area (Å²) >= 11 is 0. The fourth-order valence-electron chi connectivity index (χ4n) is 0.987. The van der Waals surface area contributed by atoms with Crippen molar-refractivity contribution >= 4 is 5.84 Å². The summed E-state index contributed by atoms with van der Waals surface area (Å²) in [5.74, 6) is 6.03. The van der Waals surface area contributed by atoms with Crippen molar-refractivity contribution < 1.29 is 0 Å². The van der Waals surface area contributed by atoms with E-state index >= 15 is 0 Å². The van der Waals surface area contributed by atoms with Gasteiger partial charge in [0.25, 0.3) is 0 Å². The molecule has 3 N–H and O–H groups in total. The molecule has 1 aromatic rings. The Morgan fingerprint density at radius 3 is 3.00 bits per heavy atom. The Labute approximate surface area is 77.6 Å². The van der Waals surface area contributed by atoms with Gasteiger partial charge < -0.3 is 5.43 Å². The summed E-state index contributed by atoms with van der Waals surface area (Å²) in [5, 5.41) is 4.03. The summed E-state index contributed by atoms with van der Waals surface area (Å²) in [7, 11) is 1.86. The fourth-order valence-corrected chi connectivity index (χ4v) is 0.987. The van der Waals surface area contributed by atoms with E-state index in [1.807, 2.05) is 13.2 Å². The monoisotopic (exact) mass is 181 g/mol. The van der Waals surface area contributed by atoms with Crippen LogP contribution in [-0.4, -0.2) is 22.2 Å². The maximum absolute atomic E-state index is 5.34. The molecule has 0 bridgehead atoms. The van der Waals surface area contributed by atoms with Crippen LogP contribution >= 0.6 is 0 Å². The quantitative estimate of drug-likeness (QED) is 0.299. The van der Waals surface area contributed by atoms with E-state index in [1.54, 1.807) is 10.9 Å². The summed E-state index contributed by atoms with van der Waals surface area (Å²) in [6, 6.07) is 0. The van der Waals surface area contributed by atoms with E-state index in [-0.39, 0.29) is 0 Å². The molecule has 0 aliphatic rings. The number of rotatable bonds is 3. The first-order valence-corrected chi connectivity index (χ1v) is 4.28. The summed E-state index contributed by atoms with van der Waals surface area (Å²) in [4.78, 5) is 4.27. The predicted molar refractivity (Wildman–Crippen MR) is 52.2 cm³/mol. The first-order chi connectivity index (χ1) is 6.27. The lowest BCUT2D eigenvalue weighted by Crippen LogP contribution is -2.31. The molecule has 5 nitrogen and oxygen atoms in total. The molecule has 0 saturated carbocycles. The SMILES string of the molecule is CCCN=C(NN)c1cnn(C)c1. The van der Waals surface area contributed by atoms with Crippen molar-refractivity contribution in [3.63, 3.8) is 0 Å². The van der Waals surface area contributed by atoms with Crippen molar-refractivity contribution in [2.75, 3.05) is 6.54 Å². The second-order valence-electron chi connectivity index (χ2n) is 2.78. The Kier molecular flexibility index (Phi) is 3.45. The van der Waals surface area contributed by atoms with Gasteiger partial charge in [-0.1, -0.05) is 6.92 Å². The molecule has 0 amide bonds. The van der Waals surface area contributed by atoms with E-state index in [4.69, 9.17) is 5.84 Å². The maximum Gasteiger partial charge on any atom is 0.145 e. The predicted octanol–water partition coefficient (Wildman–Crippen LogP) is 0.0400. The van der Waals surface area contributed by atoms with E-state index in [0.29, 0.717) is 5.84 Å². The van der Waals surface area contributed by atoms with Gasteiger partial charge in [-0.25, -0.2) is 5.84 Å². The highest BCUT2D eigenvalue weighted by atomic mass is 15.3. The van der Waals surface area contributed by atoms with Crippen molar-refractivity contribution in [2.45, 2.75) is 13.3 Å². The van der Waals surface area contributed by atoms with Gasteiger partial charge in [0.2, 0.25) is 0 Å². The van der Waals surface area contributed by atoms with Crippen LogP contribution in [0, 0.1) is 0 Å². The molecule has 0 aliphatic carbocycles.